The molecule has 3 heteroatoms. The van der Waals surface area contributed by atoms with Gasteiger partial charge in [-0.15, -0.1) is 0 Å². The van der Waals surface area contributed by atoms with Gasteiger partial charge < -0.3 is 0 Å². The van der Waals surface area contributed by atoms with Gasteiger partial charge in [-0.1, -0.05) is 20.8 Å². The molecule has 0 saturated carbocycles. The van der Waals surface area contributed by atoms with Crippen molar-refractivity contribution in [3.05, 3.63) is 0 Å². The van der Waals surface area contributed by atoms with Crippen LogP contribution in [0.4, 0.5) is 0 Å². The topological polar surface area (TPSA) is 9.72 Å². The molecular formula is C13H29N3. The molecule has 0 aromatic carbocycles. The van der Waals surface area contributed by atoms with Gasteiger partial charge in [0.15, 0.2) is 0 Å². The molecule has 1 fully saturated rings. The first kappa shape index (κ1) is 13.9. The summed E-state index contributed by atoms with van der Waals surface area (Å²) in [5, 5.41) is 0. The summed E-state index contributed by atoms with van der Waals surface area (Å²) in [4.78, 5) is 7.80. The van der Waals surface area contributed by atoms with E-state index in [0.717, 1.165) is 0 Å². The molecule has 1 saturated heterocycles. The number of hydrogen-bond donors (Lipinski definition) is 0. The first-order valence-corrected chi connectivity index (χ1v) is 6.97. The summed E-state index contributed by atoms with van der Waals surface area (Å²) in [7, 11) is 0. The molecule has 0 atom stereocenters. The van der Waals surface area contributed by atoms with Gasteiger partial charge in [-0.25, -0.2) is 0 Å². The van der Waals surface area contributed by atoms with Crippen LogP contribution in [0.2, 0.25) is 0 Å². The predicted molar refractivity (Wildman–Crippen MR) is 70.5 cm³/mol. The molecule has 0 aromatic rings. The minimum Gasteiger partial charge on any atom is -0.289 e. The highest BCUT2D eigenvalue weighted by Gasteiger charge is 2.18. The Bertz CT molecular complexity index is 157. The van der Waals surface area contributed by atoms with Crippen LogP contribution < -0.4 is 0 Å². The van der Waals surface area contributed by atoms with E-state index in [9.17, 15) is 0 Å². The van der Waals surface area contributed by atoms with Crippen LogP contribution >= 0.6 is 0 Å². The van der Waals surface area contributed by atoms with Crippen molar-refractivity contribution in [3.63, 3.8) is 0 Å². The molecule has 1 rings (SSSR count). The highest BCUT2D eigenvalue weighted by molar-refractivity contribution is 4.69. The Morgan fingerprint density at radius 1 is 0.625 bits per heavy atom. The van der Waals surface area contributed by atoms with Crippen LogP contribution in [-0.4, -0.2) is 60.8 Å². The van der Waals surface area contributed by atoms with Gasteiger partial charge in [0, 0.05) is 19.6 Å². The summed E-state index contributed by atoms with van der Waals surface area (Å²) in [6.45, 7) is 15.4. The van der Waals surface area contributed by atoms with Crippen molar-refractivity contribution in [1.82, 2.24) is 14.7 Å². The van der Waals surface area contributed by atoms with Gasteiger partial charge in [0.2, 0.25) is 0 Å². The third kappa shape index (κ3) is 4.81. The molecule has 0 N–H and O–H groups in total. The molecule has 0 radical (unpaired) electrons. The second-order valence-electron chi connectivity index (χ2n) is 4.91. The lowest BCUT2D eigenvalue weighted by Crippen LogP contribution is -2.39. The fourth-order valence-electron chi connectivity index (χ4n) is 2.49. The van der Waals surface area contributed by atoms with E-state index in [4.69, 9.17) is 0 Å². The second-order valence-corrected chi connectivity index (χ2v) is 4.91. The normalized spacial score (nSPS) is 21.2. The summed E-state index contributed by atoms with van der Waals surface area (Å²) in [6, 6.07) is 0. The van der Waals surface area contributed by atoms with E-state index >= 15 is 0 Å². The van der Waals surface area contributed by atoms with Crippen LogP contribution in [0.3, 0.4) is 0 Å². The molecule has 0 spiro atoms. The average Bonchev–Trinajstić information content (AvgIpc) is 2.43. The molecule has 1 heterocycles. The fraction of sp³-hybridized carbons (Fsp3) is 1.00. The van der Waals surface area contributed by atoms with Crippen molar-refractivity contribution >= 4 is 0 Å². The number of nitrogens with zero attached hydrogens (tertiary/aromatic N) is 3. The molecular weight excluding hydrogens is 198 g/mol. The maximum Gasteiger partial charge on any atom is 0.0518 e. The molecule has 0 amide bonds. The maximum atomic E-state index is 2.60. The van der Waals surface area contributed by atoms with Gasteiger partial charge in [-0.05, 0) is 32.4 Å². The zero-order valence-electron chi connectivity index (χ0n) is 11.4. The van der Waals surface area contributed by atoms with E-state index in [1.54, 1.807) is 0 Å². The van der Waals surface area contributed by atoms with Crippen molar-refractivity contribution < 1.29 is 0 Å². The van der Waals surface area contributed by atoms with Crippen LogP contribution in [0, 0.1) is 0 Å². The van der Waals surface area contributed by atoms with Crippen LogP contribution in [0.25, 0.3) is 0 Å². The van der Waals surface area contributed by atoms with Gasteiger partial charge in [0.25, 0.3) is 0 Å². The average molecular weight is 227 g/mol. The summed E-state index contributed by atoms with van der Waals surface area (Å²) in [5.74, 6) is 0. The molecule has 1 aliphatic rings. The Hall–Kier alpha value is -0.120. The van der Waals surface area contributed by atoms with Crippen LogP contribution in [-0.2, 0) is 0 Å². The zero-order valence-corrected chi connectivity index (χ0v) is 11.4. The van der Waals surface area contributed by atoms with Crippen molar-refractivity contribution in [2.45, 2.75) is 40.0 Å². The quantitative estimate of drug-likeness (QED) is 0.687. The fourth-order valence-corrected chi connectivity index (χ4v) is 2.49. The summed E-state index contributed by atoms with van der Waals surface area (Å²) in [6.07, 6.45) is 3.81. The monoisotopic (exact) mass is 227 g/mol. The predicted octanol–water partition coefficient (Wildman–Crippen LogP) is 2.05. The first-order chi connectivity index (χ1) is 7.80. The molecule has 0 bridgehead atoms. The summed E-state index contributed by atoms with van der Waals surface area (Å²) in [5.41, 5.74) is 0. The third-order valence-corrected chi connectivity index (χ3v) is 3.15. The highest BCUT2D eigenvalue weighted by atomic mass is 15.4. The van der Waals surface area contributed by atoms with Crippen molar-refractivity contribution in [2.75, 3.05) is 46.1 Å². The maximum absolute atomic E-state index is 2.60. The molecule has 1 aliphatic heterocycles. The van der Waals surface area contributed by atoms with Gasteiger partial charge in [-0.2, -0.15) is 0 Å². The van der Waals surface area contributed by atoms with Crippen molar-refractivity contribution in [3.8, 4) is 0 Å². The van der Waals surface area contributed by atoms with Gasteiger partial charge in [-0.3, -0.25) is 14.7 Å². The van der Waals surface area contributed by atoms with Crippen LogP contribution in [0.5, 0.6) is 0 Å². The Balaban J connectivity index is 2.46. The van der Waals surface area contributed by atoms with E-state index in [1.807, 2.05) is 0 Å². The molecule has 96 valence electrons. The summed E-state index contributed by atoms with van der Waals surface area (Å²) < 4.78 is 0. The van der Waals surface area contributed by atoms with Crippen molar-refractivity contribution in [2.24, 2.45) is 0 Å². The lowest BCUT2D eigenvalue weighted by molar-refractivity contribution is 0.122. The molecule has 0 aromatic heterocycles. The Morgan fingerprint density at radius 3 is 1.38 bits per heavy atom. The SMILES string of the molecule is CCCN1CCN(CCC)CN(CCC)C1. The number of hydrogen-bond acceptors (Lipinski definition) is 3. The minimum absolute atomic E-state index is 1.17. The summed E-state index contributed by atoms with van der Waals surface area (Å²) >= 11 is 0. The standard InChI is InChI=1S/C13H29N3/c1-4-7-14-10-11-15(8-5-2)13-16(12-14)9-6-3/h4-13H2,1-3H3. The van der Waals surface area contributed by atoms with E-state index < -0.39 is 0 Å². The zero-order chi connectivity index (χ0) is 11.8. The van der Waals surface area contributed by atoms with Gasteiger partial charge in [0.1, 0.15) is 0 Å². The molecule has 0 aliphatic carbocycles. The lowest BCUT2D eigenvalue weighted by Gasteiger charge is -2.27. The third-order valence-electron chi connectivity index (χ3n) is 3.15. The molecule has 16 heavy (non-hydrogen) atoms. The molecule has 0 unspecified atom stereocenters. The van der Waals surface area contributed by atoms with Crippen LogP contribution in [0.1, 0.15) is 40.0 Å². The van der Waals surface area contributed by atoms with E-state index in [0.29, 0.717) is 0 Å². The largest absolute Gasteiger partial charge is 0.289 e. The van der Waals surface area contributed by atoms with Gasteiger partial charge >= 0.3 is 0 Å². The smallest absolute Gasteiger partial charge is 0.0518 e. The highest BCUT2D eigenvalue weighted by Crippen LogP contribution is 2.06. The van der Waals surface area contributed by atoms with Crippen LogP contribution in [0.15, 0.2) is 0 Å². The Labute approximate surface area is 101 Å². The van der Waals surface area contributed by atoms with Gasteiger partial charge in [0.05, 0.1) is 13.3 Å². The number of rotatable bonds is 6. The van der Waals surface area contributed by atoms with E-state index in [1.165, 1.54) is 65.3 Å². The van der Waals surface area contributed by atoms with Crippen molar-refractivity contribution in [1.29, 1.82) is 0 Å². The second kappa shape index (κ2) is 8.04. The Morgan fingerprint density at radius 2 is 1.00 bits per heavy atom. The first-order valence-electron chi connectivity index (χ1n) is 6.97. The minimum atomic E-state index is 1.17. The lowest BCUT2D eigenvalue weighted by atomic mass is 10.4. The Kier molecular flexibility index (Phi) is 7.01. The molecule has 3 nitrogen and oxygen atoms in total. The van der Waals surface area contributed by atoms with E-state index in [2.05, 4.69) is 35.5 Å². The van der Waals surface area contributed by atoms with E-state index in [-0.39, 0.29) is 0 Å².